The van der Waals surface area contributed by atoms with Crippen LogP contribution in [0.15, 0.2) is 59.9 Å². The van der Waals surface area contributed by atoms with Crippen LogP contribution < -0.4 is 4.90 Å². The third kappa shape index (κ3) is 4.96. The minimum absolute atomic E-state index is 0.00477. The molecule has 0 saturated carbocycles. The van der Waals surface area contributed by atoms with Crippen LogP contribution in [0.25, 0.3) is 11.1 Å². The largest absolute Gasteiger partial charge is 0.338 e. The number of nitrogens with zero attached hydrogens (tertiary/aromatic N) is 5. The second-order valence-electron chi connectivity index (χ2n) is 9.40. The molecule has 1 fully saturated rings. The Labute approximate surface area is 205 Å². The molecule has 1 saturated heterocycles. The Kier molecular flexibility index (Phi) is 6.86. The topological polar surface area (TPSA) is 44.6 Å². The van der Waals surface area contributed by atoms with Crippen LogP contribution in [0.1, 0.15) is 50.3 Å². The monoisotopic (exact) mass is 475 g/mol. The quantitative estimate of drug-likeness (QED) is 0.461. The Morgan fingerprint density at radius 2 is 1.57 bits per heavy atom. The molecule has 2 aliphatic rings. The Balaban J connectivity index is 1.25. The lowest BCUT2D eigenvalue weighted by atomic mass is 10.0. The minimum atomic E-state index is -0.555. The van der Waals surface area contributed by atoms with Gasteiger partial charge in [-0.1, -0.05) is 37.3 Å². The molecule has 2 aromatic carbocycles. The van der Waals surface area contributed by atoms with Gasteiger partial charge in [-0.15, -0.1) is 0 Å². The fraction of sp³-hybridized carbons (Fsp3) is 0.393. The number of aliphatic imine (C=N–C) groups is 1. The maximum Gasteiger partial charge on any atom is 0.225 e. The van der Waals surface area contributed by atoms with E-state index >= 15 is 0 Å². The van der Waals surface area contributed by atoms with Crippen LogP contribution in [0, 0.1) is 11.6 Å². The number of benzene rings is 2. The van der Waals surface area contributed by atoms with E-state index in [1.54, 1.807) is 0 Å². The fourth-order valence-electron chi connectivity index (χ4n) is 4.95. The van der Waals surface area contributed by atoms with Crippen molar-refractivity contribution in [3.8, 4) is 11.1 Å². The SMILES string of the molecule is CCC(C)N1CCN(c2ncc(-c3ccc(C4CCC(c5c(F)cccc5F)=N4)cc3)cn2)CC1. The molecular formula is C28H31F2N5. The second-order valence-corrected chi connectivity index (χ2v) is 9.40. The summed E-state index contributed by atoms with van der Waals surface area (Å²) in [6.45, 7) is 8.48. The van der Waals surface area contributed by atoms with Gasteiger partial charge in [0.2, 0.25) is 5.95 Å². The first-order valence-electron chi connectivity index (χ1n) is 12.5. The Hall–Kier alpha value is -3.19. The molecule has 2 aliphatic heterocycles. The third-order valence-corrected chi connectivity index (χ3v) is 7.30. The zero-order chi connectivity index (χ0) is 24.4. The number of hydrogen-bond donors (Lipinski definition) is 0. The molecular weight excluding hydrogens is 444 g/mol. The summed E-state index contributed by atoms with van der Waals surface area (Å²) in [7, 11) is 0. The predicted molar refractivity (Wildman–Crippen MR) is 136 cm³/mol. The van der Waals surface area contributed by atoms with Crippen molar-refractivity contribution < 1.29 is 8.78 Å². The first-order valence-corrected chi connectivity index (χ1v) is 12.5. The Bertz CT molecular complexity index is 1160. The normalized spacial score (nSPS) is 19.6. The van der Waals surface area contributed by atoms with Crippen LogP contribution in [0.5, 0.6) is 0 Å². The highest BCUT2D eigenvalue weighted by molar-refractivity contribution is 6.02. The standard InChI is InChI=1S/C28H31F2N5/c1-3-19(2)34-13-15-35(16-14-34)28-31-17-22(18-32-28)20-7-9-21(10-8-20)25-11-12-26(33-25)27-23(29)5-4-6-24(27)30/h4-10,17-19,25H,3,11-16H2,1-2H3. The van der Waals surface area contributed by atoms with E-state index in [-0.39, 0.29) is 11.6 Å². The van der Waals surface area contributed by atoms with Crippen LogP contribution in [0.2, 0.25) is 0 Å². The van der Waals surface area contributed by atoms with Crippen LogP contribution in [0.3, 0.4) is 0 Å². The van der Waals surface area contributed by atoms with Gasteiger partial charge in [0.1, 0.15) is 11.6 Å². The highest BCUT2D eigenvalue weighted by atomic mass is 19.1. The van der Waals surface area contributed by atoms with E-state index in [0.717, 1.165) is 55.2 Å². The molecule has 1 aromatic heterocycles. The van der Waals surface area contributed by atoms with Crippen molar-refractivity contribution >= 4 is 11.7 Å². The molecule has 35 heavy (non-hydrogen) atoms. The molecule has 5 nitrogen and oxygen atoms in total. The van der Waals surface area contributed by atoms with E-state index in [0.29, 0.717) is 18.2 Å². The van der Waals surface area contributed by atoms with Gasteiger partial charge in [-0.2, -0.15) is 0 Å². The lowest BCUT2D eigenvalue weighted by Crippen LogP contribution is -2.49. The van der Waals surface area contributed by atoms with E-state index in [2.05, 4.69) is 38.6 Å². The van der Waals surface area contributed by atoms with Gasteiger partial charge in [0.25, 0.3) is 0 Å². The molecule has 0 aliphatic carbocycles. The molecule has 2 atom stereocenters. The summed E-state index contributed by atoms with van der Waals surface area (Å²) in [6, 6.07) is 12.6. The third-order valence-electron chi connectivity index (χ3n) is 7.30. The van der Waals surface area contributed by atoms with Crippen molar-refractivity contribution in [2.45, 2.75) is 45.2 Å². The average molecular weight is 476 g/mol. The Morgan fingerprint density at radius 3 is 2.20 bits per heavy atom. The molecule has 2 unspecified atom stereocenters. The van der Waals surface area contributed by atoms with Crippen molar-refractivity contribution in [1.29, 1.82) is 0 Å². The summed E-state index contributed by atoms with van der Waals surface area (Å²) in [5, 5.41) is 0. The molecule has 182 valence electrons. The van der Waals surface area contributed by atoms with Crippen molar-refractivity contribution in [3.63, 3.8) is 0 Å². The van der Waals surface area contributed by atoms with Gasteiger partial charge in [0, 0.05) is 55.9 Å². The maximum atomic E-state index is 14.1. The van der Waals surface area contributed by atoms with E-state index in [9.17, 15) is 8.78 Å². The first-order chi connectivity index (χ1) is 17.0. The van der Waals surface area contributed by atoms with Gasteiger partial charge in [0.15, 0.2) is 0 Å². The lowest BCUT2D eigenvalue weighted by Gasteiger charge is -2.37. The number of rotatable bonds is 6. The minimum Gasteiger partial charge on any atom is -0.338 e. The van der Waals surface area contributed by atoms with Gasteiger partial charge < -0.3 is 4.90 Å². The predicted octanol–water partition coefficient (Wildman–Crippen LogP) is 5.67. The van der Waals surface area contributed by atoms with E-state index < -0.39 is 11.6 Å². The fourth-order valence-corrected chi connectivity index (χ4v) is 4.95. The molecule has 7 heteroatoms. The summed E-state index contributed by atoms with van der Waals surface area (Å²) >= 11 is 0. The number of piperazine rings is 1. The van der Waals surface area contributed by atoms with Gasteiger partial charge in [-0.3, -0.25) is 9.89 Å². The van der Waals surface area contributed by atoms with Crippen molar-refractivity contribution in [3.05, 3.63) is 77.6 Å². The highest BCUT2D eigenvalue weighted by Crippen LogP contribution is 2.33. The van der Waals surface area contributed by atoms with Gasteiger partial charge in [0.05, 0.1) is 11.6 Å². The molecule has 3 aromatic rings. The van der Waals surface area contributed by atoms with E-state index in [1.165, 1.54) is 24.6 Å². The summed E-state index contributed by atoms with van der Waals surface area (Å²) in [5.41, 5.74) is 3.54. The molecule has 3 heterocycles. The summed E-state index contributed by atoms with van der Waals surface area (Å²) in [6.07, 6.45) is 6.23. The molecule has 0 N–H and O–H groups in total. The van der Waals surface area contributed by atoms with Crippen LogP contribution in [-0.4, -0.2) is 52.8 Å². The number of halogens is 2. The maximum absolute atomic E-state index is 14.1. The van der Waals surface area contributed by atoms with Crippen LogP contribution >= 0.6 is 0 Å². The molecule has 0 bridgehead atoms. The van der Waals surface area contributed by atoms with Gasteiger partial charge in [-0.05, 0) is 49.4 Å². The van der Waals surface area contributed by atoms with Gasteiger partial charge >= 0.3 is 0 Å². The van der Waals surface area contributed by atoms with Crippen LogP contribution in [0.4, 0.5) is 14.7 Å². The highest BCUT2D eigenvalue weighted by Gasteiger charge is 2.25. The second kappa shape index (κ2) is 10.2. The molecule has 0 spiro atoms. The Morgan fingerprint density at radius 1 is 0.914 bits per heavy atom. The number of aromatic nitrogens is 2. The van der Waals surface area contributed by atoms with E-state index in [4.69, 9.17) is 0 Å². The number of hydrogen-bond acceptors (Lipinski definition) is 5. The smallest absolute Gasteiger partial charge is 0.225 e. The van der Waals surface area contributed by atoms with Crippen molar-refractivity contribution in [1.82, 2.24) is 14.9 Å². The zero-order valence-electron chi connectivity index (χ0n) is 20.3. The summed E-state index contributed by atoms with van der Waals surface area (Å²) in [4.78, 5) is 18.7. The van der Waals surface area contributed by atoms with E-state index in [1.807, 2.05) is 36.7 Å². The molecule has 0 radical (unpaired) electrons. The average Bonchev–Trinajstić information content (AvgIpc) is 3.38. The molecule has 5 rings (SSSR count). The summed E-state index contributed by atoms with van der Waals surface area (Å²) < 4.78 is 28.3. The summed E-state index contributed by atoms with van der Waals surface area (Å²) in [5.74, 6) is -0.330. The first kappa shape index (κ1) is 23.5. The van der Waals surface area contributed by atoms with Gasteiger partial charge in [-0.25, -0.2) is 18.7 Å². The van der Waals surface area contributed by atoms with Crippen molar-refractivity contribution in [2.75, 3.05) is 31.1 Å². The molecule has 0 amide bonds. The van der Waals surface area contributed by atoms with Crippen molar-refractivity contribution in [2.24, 2.45) is 4.99 Å². The zero-order valence-corrected chi connectivity index (χ0v) is 20.3. The number of anilines is 1. The lowest BCUT2D eigenvalue weighted by molar-refractivity contribution is 0.192. The van der Waals surface area contributed by atoms with Crippen LogP contribution in [-0.2, 0) is 0 Å².